The van der Waals surface area contributed by atoms with Gasteiger partial charge in [-0.1, -0.05) is 43.7 Å². The molecule has 0 saturated heterocycles. The quantitative estimate of drug-likeness (QED) is 0.880. The summed E-state index contributed by atoms with van der Waals surface area (Å²) in [6.45, 7) is 6.91. The predicted molar refractivity (Wildman–Crippen MR) is 89.7 cm³/mol. The van der Waals surface area contributed by atoms with Gasteiger partial charge in [0.05, 0.1) is 5.60 Å². The van der Waals surface area contributed by atoms with Crippen molar-refractivity contribution in [3.05, 3.63) is 35.4 Å². The summed E-state index contributed by atoms with van der Waals surface area (Å²) in [4.78, 5) is 0. The Morgan fingerprint density at radius 3 is 2.38 bits per heavy atom. The maximum atomic E-state index is 6.07. The molecular weight excluding hydrogens is 258 g/mol. The van der Waals surface area contributed by atoms with Crippen molar-refractivity contribution >= 4 is 0 Å². The molecule has 1 aliphatic rings. The lowest BCUT2D eigenvalue weighted by atomic mass is 9.67. The largest absolute Gasteiger partial charge is 0.377 e. The Bertz CT molecular complexity index is 456. The molecule has 1 saturated carbocycles. The van der Waals surface area contributed by atoms with Gasteiger partial charge in [-0.3, -0.25) is 0 Å². The monoisotopic (exact) mass is 289 g/mol. The maximum absolute atomic E-state index is 6.07. The number of nitrogens with one attached hydrogen (secondary N) is 1. The molecule has 0 aliphatic heterocycles. The summed E-state index contributed by atoms with van der Waals surface area (Å²) >= 11 is 0. The number of aryl methyl sites for hydroxylation is 1. The molecule has 0 aromatic heterocycles. The molecule has 0 bridgehead atoms. The van der Waals surface area contributed by atoms with Crippen LogP contribution in [0.4, 0.5) is 0 Å². The van der Waals surface area contributed by atoms with Crippen LogP contribution in [-0.2, 0) is 11.2 Å². The normalized spacial score (nSPS) is 22.0. The first-order valence-corrected chi connectivity index (χ1v) is 8.19. The van der Waals surface area contributed by atoms with Crippen molar-refractivity contribution in [3.63, 3.8) is 0 Å². The number of hydrogen-bond donors (Lipinski definition) is 1. The fourth-order valence-corrected chi connectivity index (χ4v) is 3.67. The summed E-state index contributed by atoms with van der Waals surface area (Å²) < 4.78 is 6.07. The molecule has 2 nitrogen and oxygen atoms in total. The van der Waals surface area contributed by atoms with E-state index in [1.165, 1.54) is 24.0 Å². The van der Waals surface area contributed by atoms with Gasteiger partial charge in [-0.2, -0.15) is 0 Å². The summed E-state index contributed by atoms with van der Waals surface area (Å²) in [6, 6.07) is 9.21. The minimum Gasteiger partial charge on any atom is -0.377 e. The minimum absolute atomic E-state index is 0.0198. The number of rotatable bonds is 5. The SMILES string of the molecule is CNC(Cc1cccc(C)c1)C1(OC)CCC(C)(C)CC1. The Balaban J connectivity index is 2.14. The van der Waals surface area contributed by atoms with Gasteiger partial charge >= 0.3 is 0 Å². The highest BCUT2D eigenvalue weighted by Crippen LogP contribution is 2.43. The molecule has 1 aliphatic carbocycles. The second kappa shape index (κ2) is 6.50. The average Bonchev–Trinajstić information content (AvgIpc) is 2.46. The predicted octanol–water partition coefficient (Wildman–Crippen LogP) is 4.11. The lowest BCUT2D eigenvalue weighted by molar-refractivity contribution is -0.0847. The van der Waals surface area contributed by atoms with E-state index in [2.05, 4.69) is 57.4 Å². The summed E-state index contributed by atoms with van der Waals surface area (Å²) in [7, 11) is 3.96. The van der Waals surface area contributed by atoms with Crippen LogP contribution in [0.1, 0.15) is 50.7 Å². The average molecular weight is 289 g/mol. The first-order chi connectivity index (χ1) is 9.91. The smallest absolute Gasteiger partial charge is 0.0834 e. The molecule has 21 heavy (non-hydrogen) atoms. The molecule has 1 fully saturated rings. The van der Waals surface area contributed by atoms with Gasteiger partial charge in [0.25, 0.3) is 0 Å². The van der Waals surface area contributed by atoms with Crippen LogP contribution in [0.25, 0.3) is 0 Å². The van der Waals surface area contributed by atoms with E-state index >= 15 is 0 Å². The third-order valence-corrected chi connectivity index (χ3v) is 5.36. The highest BCUT2D eigenvalue weighted by molar-refractivity contribution is 5.24. The minimum atomic E-state index is -0.0198. The number of ether oxygens (including phenoxy) is 1. The third-order valence-electron chi connectivity index (χ3n) is 5.36. The van der Waals surface area contributed by atoms with Crippen molar-refractivity contribution in [2.24, 2.45) is 5.41 Å². The van der Waals surface area contributed by atoms with Crippen LogP contribution >= 0.6 is 0 Å². The van der Waals surface area contributed by atoms with Gasteiger partial charge < -0.3 is 10.1 Å². The van der Waals surface area contributed by atoms with E-state index in [1.54, 1.807) is 0 Å². The summed E-state index contributed by atoms with van der Waals surface area (Å²) in [5.74, 6) is 0. The van der Waals surface area contributed by atoms with Crippen molar-refractivity contribution in [2.45, 2.75) is 64.5 Å². The van der Waals surface area contributed by atoms with Crippen LogP contribution in [0.15, 0.2) is 24.3 Å². The first-order valence-electron chi connectivity index (χ1n) is 8.19. The lowest BCUT2D eigenvalue weighted by Crippen LogP contribution is -2.54. The Morgan fingerprint density at radius 1 is 1.19 bits per heavy atom. The van der Waals surface area contributed by atoms with Gasteiger partial charge in [0.1, 0.15) is 0 Å². The van der Waals surface area contributed by atoms with E-state index in [1.807, 2.05) is 7.11 Å². The number of methoxy groups -OCH3 is 1. The van der Waals surface area contributed by atoms with E-state index in [0.717, 1.165) is 19.3 Å². The Labute approximate surface area is 130 Å². The highest BCUT2D eigenvalue weighted by Gasteiger charge is 2.43. The lowest BCUT2D eigenvalue weighted by Gasteiger charge is -2.47. The van der Waals surface area contributed by atoms with Crippen LogP contribution in [0, 0.1) is 12.3 Å². The fraction of sp³-hybridized carbons (Fsp3) is 0.684. The molecule has 1 unspecified atom stereocenters. The Morgan fingerprint density at radius 2 is 1.86 bits per heavy atom. The molecule has 2 rings (SSSR count). The van der Waals surface area contributed by atoms with Crippen molar-refractivity contribution in [1.82, 2.24) is 5.32 Å². The van der Waals surface area contributed by atoms with Gasteiger partial charge in [0.2, 0.25) is 0 Å². The van der Waals surface area contributed by atoms with Crippen LogP contribution in [0.2, 0.25) is 0 Å². The molecule has 0 heterocycles. The first kappa shape index (κ1) is 16.5. The Hall–Kier alpha value is -0.860. The molecule has 1 aromatic rings. The molecule has 2 heteroatoms. The number of benzene rings is 1. The second-order valence-electron chi connectivity index (χ2n) is 7.47. The van der Waals surface area contributed by atoms with Gasteiger partial charge in [-0.05, 0) is 57.1 Å². The van der Waals surface area contributed by atoms with Crippen molar-refractivity contribution in [2.75, 3.05) is 14.2 Å². The fourth-order valence-electron chi connectivity index (χ4n) is 3.67. The van der Waals surface area contributed by atoms with Gasteiger partial charge in [-0.15, -0.1) is 0 Å². The van der Waals surface area contributed by atoms with Gasteiger partial charge in [-0.25, -0.2) is 0 Å². The molecule has 0 radical (unpaired) electrons. The van der Waals surface area contributed by atoms with Crippen LogP contribution in [0.5, 0.6) is 0 Å². The summed E-state index contributed by atoms with van der Waals surface area (Å²) in [6.07, 6.45) is 5.81. The molecule has 1 atom stereocenters. The van der Waals surface area contributed by atoms with Crippen LogP contribution in [0.3, 0.4) is 0 Å². The molecule has 0 spiro atoms. The highest BCUT2D eigenvalue weighted by atomic mass is 16.5. The van der Waals surface area contributed by atoms with Crippen LogP contribution < -0.4 is 5.32 Å². The third kappa shape index (κ3) is 3.87. The molecule has 1 aromatic carbocycles. The second-order valence-corrected chi connectivity index (χ2v) is 7.47. The van der Waals surface area contributed by atoms with E-state index in [-0.39, 0.29) is 5.60 Å². The van der Waals surface area contributed by atoms with E-state index < -0.39 is 0 Å². The van der Waals surface area contributed by atoms with Crippen molar-refractivity contribution < 1.29 is 4.74 Å². The zero-order valence-electron chi connectivity index (χ0n) is 14.3. The topological polar surface area (TPSA) is 21.3 Å². The molecule has 118 valence electrons. The van der Waals surface area contributed by atoms with E-state index in [4.69, 9.17) is 4.74 Å². The molecule has 1 N–H and O–H groups in total. The number of hydrogen-bond acceptors (Lipinski definition) is 2. The molecular formula is C19H31NO. The van der Waals surface area contributed by atoms with Gasteiger partial charge in [0, 0.05) is 13.2 Å². The van der Waals surface area contributed by atoms with Crippen molar-refractivity contribution in [3.8, 4) is 0 Å². The van der Waals surface area contributed by atoms with Crippen LogP contribution in [-0.4, -0.2) is 25.8 Å². The maximum Gasteiger partial charge on any atom is 0.0834 e. The molecule has 0 amide bonds. The van der Waals surface area contributed by atoms with E-state index in [9.17, 15) is 0 Å². The van der Waals surface area contributed by atoms with Gasteiger partial charge in [0.15, 0.2) is 0 Å². The Kier molecular flexibility index (Phi) is 5.11. The standard InChI is InChI=1S/C19H31NO/c1-15-7-6-8-16(13-15)14-17(20-4)19(21-5)11-9-18(2,3)10-12-19/h6-8,13,17,20H,9-12,14H2,1-5H3. The summed E-state index contributed by atoms with van der Waals surface area (Å²) in [5.41, 5.74) is 3.17. The van der Waals surface area contributed by atoms with Crippen molar-refractivity contribution in [1.29, 1.82) is 0 Å². The number of likely N-dealkylation sites (N-methyl/N-ethyl adjacent to an activating group) is 1. The zero-order valence-corrected chi connectivity index (χ0v) is 14.3. The van der Waals surface area contributed by atoms with E-state index in [0.29, 0.717) is 11.5 Å². The summed E-state index contributed by atoms with van der Waals surface area (Å²) in [5, 5.41) is 3.53. The zero-order chi connectivity index (χ0) is 15.5.